The predicted octanol–water partition coefficient (Wildman–Crippen LogP) is 3.66. The molecule has 9 nitrogen and oxygen atoms in total. The van der Waals surface area contributed by atoms with E-state index in [-0.39, 0.29) is 46.6 Å². The van der Waals surface area contributed by atoms with Gasteiger partial charge >= 0.3 is 0 Å². The lowest BCUT2D eigenvalue weighted by Gasteiger charge is -2.14. The fourth-order valence-corrected chi connectivity index (χ4v) is 3.80. The van der Waals surface area contributed by atoms with Crippen LogP contribution in [0.15, 0.2) is 47.5 Å². The van der Waals surface area contributed by atoms with Crippen LogP contribution in [0.1, 0.15) is 37.7 Å². The third-order valence-corrected chi connectivity index (χ3v) is 5.85. The summed E-state index contributed by atoms with van der Waals surface area (Å²) < 4.78 is 22.6. The predicted molar refractivity (Wildman–Crippen MR) is 139 cm³/mol. The lowest BCUT2D eigenvalue weighted by molar-refractivity contribution is -0.117. The molecule has 1 N–H and O–H groups in total. The van der Waals surface area contributed by atoms with E-state index in [1.807, 2.05) is 24.8 Å². The normalized spacial score (nSPS) is 11.9. The minimum Gasteiger partial charge on any atom is -0.455 e. The van der Waals surface area contributed by atoms with E-state index >= 15 is 0 Å². The third-order valence-electron chi connectivity index (χ3n) is 5.85. The van der Waals surface area contributed by atoms with Gasteiger partial charge in [-0.3, -0.25) is 14.3 Å². The standard InChI is InChI=1S/C27H31FN6O3/c1-27(2,3)23-14-18(34(32-23)11-10-33(4)5)13-19(35)12-17-6-7-20(15-21(17)28)37-22-8-9-29-26-25(22)30-16-24(36)31-26/h6-9,14-16H,10-13H2,1-5H3,(H,29,31,36). The van der Waals surface area contributed by atoms with Crippen LogP contribution in [0, 0.1) is 5.82 Å². The van der Waals surface area contributed by atoms with Crippen molar-refractivity contribution in [2.75, 3.05) is 20.6 Å². The van der Waals surface area contributed by atoms with Gasteiger partial charge in [-0.15, -0.1) is 0 Å². The van der Waals surface area contributed by atoms with E-state index in [4.69, 9.17) is 9.84 Å². The number of pyridine rings is 1. The van der Waals surface area contributed by atoms with Crippen LogP contribution in [0.25, 0.3) is 11.2 Å². The summed E-state index contributed by atoms with van der Waals surface area (Å²) in [7, 11) is 3.98. The van der Waals surface area contributed by atoms with E-state index < -0.39 is 5.82 Å². The zero-order valence-electron chi connectivity index (χ0n) is 21.7. The zero-order valence-corrected chi connectivity index (χ0v) is 21.7. The number of H-pyrrole nitrogens is 1. The largest absolute Gasteiger partial charge is 0.455 e. The van der Waals surface area contributed by atoms with Gasteiger partial charge in [-0.25, -0.2) is 14.4 Å². The van der Waals surface area contributed by atoms with Crippen molar-refractivity contribution in [3.63, 3.8) is 0 Å². The summed E-state index contributed by atoms with van der Waals surface area (Å²) in [5.74, 6) is -0.0784. The number of carbonyl (C=O) groups is 1. The Morgan fingerprint density at radius 3 is 2.62 bits per heavy atom. The molecule has 4 rings (SSSR count). The van der Waals surface area contributed by atoms with E-state index in [9.17, 15) is 14.0 Å². The summed E-state index contributed by atoms with van der Waals surface area (Å²) in [5.41, 5.74) is 2.13. The monoisotopic (exact) mass is 506 g/mol. The number of Topliss-reactive ketones (excluding diaryl/α,β-unsaturated/α-hetero) is 1. The highest BCUT2D eigenvalue weighted by Crippen LogP contribution is 2.28. The van der Waals surface area contributed by atoms with Crippen molar-refractivity contribution in [3.05, 3.63) is 75.8 Å². The highest BCUT2D eigenvalue weighted by Gasteiger charge is 2.21. The quantitative estimate of drug-likeness (QED) is 0.369. The van der Waals surface area contributed by atoms with Gasteiger partial charge in [-0.1, -0.05) is 26.8 Å². The van der Waals surface area contributed by atoms with Gasteiger partial charge in [0, 0.05) is 48.8 Å². The molecular weight excluding hydrogens is 475 g/mol. The molecular formula is C27H31FN6O3. The zero-order chi connectivity index (χ0) is 26.7. The fraction of sp³-hybridized carbons (Fsp3) is 0.370. The Labute approximate surface area is 214 Å². The van der Waals surface area contributed by atoms with E-state index in [0.29, 0.717) is 17.8 Å². The molecule has 4 aromatic rings. The van der Waals surface area contributed by atoms with E-state index in [0.717, 1.165) is 24.1 Å². The average molecular weight is 507 g/mol. The maximum Gasteiger partial charge on any atom is 0.268 e. The molecule has 194 valence electrons. The number of ketones is 1. The van der Waals surface area contributed by atoms with Gasteiger partial charge in [0.25, 0.3) is 5.56 Å². The topological polar surface area (TPSA) is 106 Å². The summed E-state index contributed by atoms with van der Waals surface area (Å²) >= 11 is 0. The number of ether oxygens (including phenoxy) is 1. The molecule has 37 heavy (non-hydrogen) atoms. The third kappa shape index (κ3) is 6.45. The first-order valence-corrected chi connectivity index (χ1v) is 12.0. The number of aromatic amines is 1. The fourth-order valence-electron chi connectivity index (χ4n) is 3.80. The lowest BCUT2D eigenvalue weighted by atomic mass is 9.92. The Morgan fingerprint density at radius 1 is 1.14 bits per heavy atom. The number of fused-ring (bicyclic) bond motifs is 1. The number of hydrogen-bond donors (Lipinski definition) is 1. The SMILES string of the molecule is CN(C)CCn1nc(C(C)(C)C)cc1CC(=O)Cc1ccc(Oc2ccnc3[nH]c(=O)cnc23)cc1F. The van der Waals surface area contributed by atoms with Crippen molar-refractivity contribution in [1.29, 1.82) is 0 Å². The van der Waals surface area contributed by atoms with Crippen LogP contribution in [0.4, 0.5) is 4.39 Å². The van der Waals surface area contributed by atoms with Gasteiger partial charge in [0.1, 0.15) is 22.9 Å². The van der Waals surface area contributed by atoms with Gasteiger partial charge in [0.15, 0.2) is 11.4 Å². The van der Waals surface area contributed by atoms with Gasteiger partial charge < -0.3 is 14.6 Å². The van der Waals surface area contributed by atoms with Crippen molar-refractivity contribution in [1.82, 2.24) is 29.6 Å². The summed E-state index contributed by atoms with van der Waals surface area (Å²) in [6.07, 6.45) is 2.72. The number of halogens is 1. The van der Waals surface area contributed by atoms with Crippen molar-refractivity contribution in [2.24, 2.45) is 0 Å². The molecule has 0 saturated carbocycles. The molecule has 0 unspecified atom stereocenters. The highest BCUT2D eigenvalue weighted by molar-refractivity contribution is 5.83. The van der Waals surface area contributed by atoms with Crippen LogP contribution >= 0.6 is 0 Å². The minimum atomic E-state index is -0.540. The van der Waals surface area contributed by atoms with Crippen molar-refractivity contribution >= 4 is 16.9 Å². The number of nitrogens with zero attached hydrogens (tertiary/aromatic N) is 5. The Kier molecular flexibility index (Phi) is 7.49. The molecule has 0 fully saturated rings. The minimum absolute atomic E-state index is 0.0448. The second kappa shape index (κ2) is 10.6. The number of aromatic nitrogens is 5. The molecule has 0 saturated heterocycles. The van der Waals surface area contributed by atoms with Crippen LogP contribution in [0.3, 0.4) is 0 Å². The van der Waals surface area contributed by atoms with E-state index in [1.165, 1.54) is 12.3 Å². The van der Waals surface area contributed by atoms with Crippen LogP contribution in [0.5, 0.6) is 11.5 Å². The number of carbonyl (C=O) groups excluding carboxylic acids is 1. The number of hydrogen-bond acceptors (Lipinski definition) is 7. The second-order valence-electron chi connectivity index (χ2n) is 10.3. The summed E-state index contributed by atoms with van der Waals surface area (Å²) in [6.45, 7) is 7.71. The van der Waals surface area contributed by atoms with Crippen LogP contribution in [-0.2, 0) is 29.6 Å². The Bertz CT molecular complexity index is 1490. The van der Waals surface area contributed by atoms with E-state index in [2.05, 4.69) is 40.6 Å². The van der Waals surface area contributed by atoms with Crippen LogP contribution in [0.2, 0.25) is 0 Å². The Morgan fingerprint density at radius 2 is 1.92 bits per heavy atom. The van der Waals surface area contributed by atoms with Gasteiger partial charge in [-0.2, -0.15) is 5.10 Å². The molecule has 3 heterocycles. The maximum absolute atomic E-state index is 14.9. The molecule has 0 aliphatic heterocycles. The first-order chi connectivity index (χ1) is 17.5. The number of likely N-dealkylation sites (N-methyl/N-ethyl adjacent to an activating group) is 1. The lowest BCUT2D eigenvalue weighted by Crippen LogP contribution is -2.21. The molecule has 10 heteroatoms. The van der Waals surface area contributed by atoms with Crippen LogP contribution in [-0.4, -0.2) is 56.1 Å². The van der Waals surface area contributed by atoms with Gasteiger partial charge in [-0.05, 0) is 31.8 Å². The van der Waals surface area contributed by atoms with Gasteiger partial charge in [0.2, 0.25) is 0 Å². The molecule has 1 aromatic carbocycles. The smallest absolute Gasteiger partial charge is 0.268 e. The van der Waals surface area contributed by atoms with Crippen LogP contribution < -0.4 is 10.3 Å². The average Bonchev–Trinajstić information content (AvgIpc) is 3.22. The number of benzene rings is 1. The summed E-state index contributed by atoms with van der Waals surface area (Å²) in [6, 6.07) is 7.93. The number of rotatable bonds is 9. The van der Waals surface area contributed by atoms with Crippen molar-refractivity contribution < 1.29 is 13.9 Å². The molecule has 0 amide bonds. The molecule has 0 atom stereocenters. The molecule has 3 aromatic heterocycles. The molecule has 0 bridgehead atoms. The molecule has 0 aliphatic rings. The Balaban J connectivity index is 1.48. The summed E-state index contributed by atoms with van der Waals surface area (Å²) in [4.78, 5) is 37.2. The van der Waals surface area contributed by atoms with Crippen molar-refractivity contribution in [3.8, 4) is 11.5 Å². The maximum atomic E-state index is 14.9. The molecule has 0 spiro atoms. The highest BCUT2D eigenvalue weighted by atomic mass is 19.1. The van der Waals surface area contributed by atoms with Gasteiger partial charge in [0.05, 0.1) is 18.4 Å². The Hall–Kier alpha value is -3.92. The first-order valence-electron chi connectivity index (χ1n) is 12.0. The second-order valence-corrected chi connectivity index (χ2v) is 10.3. The molecule has 0 radical (unpaired) electrons. The molecule has 0 aliphatic carbocycles. The first kappa shape index (κ1) is 26.2. The summed E-state index contributed by atoms with van der Waals surface area (Å²) in [5, 5.41) is 4.73. The van der Waals surface area contributed by atoms with Crippen molar-refractivity contribution in [2.45, 2.75) is 45.6 Å². The van der Waals surface area contributed by atoms with E-state index in [1.54, 1.807) is 18.2 Å². The number of nitrogens with one attached hydrogen (secondary N) is 1.